The number of methoxy groups -OCH3 is 2. The zero-order valence-electron chi connectivity index (χ0n) is 15.7. The zero-order chi connectivity index (χ0) is 19.7. The van der Waals surface area contributed by atoms with Crippen LogP contribution in [0.25, 0.3) is 10.8 Å². The molecule has 5 nitrogen and oxygen atoms in total. The number of hydrogen-bond acceptors (Lipinski definition) is 5. The van der Waals surface area contributed by atoms with E-state index < -0.39 is 0 Å². The van der Waals surface area contributed by atoms with Gasteiger partial charge >= 0.3 is 0 Å². The predicted octanol–water partition coefficient (Wildman–Crippen LogP) is 5.22. The molecule has 0 fully saturated rings. The van der Waals surface area contributed by atoms with Gasteiger partial charge in [0.15, 0.2) is 0 Å². The summed E-state index contributed by atoms with van der Waals surface area (Å²) in [5.41, 5.74) is 3.53. The van der Waals surface area contributed by atoms with Crippen molar-refractivity contribution in [3.63, 3.8) is 0 Å². The second kappa shape index (κ2) is 7.48. The van der Waals surface area contributed by atoms with Crippen LogP contribution in [0.5, 0.6) is 11.5 Å². The van der Waals surface area contributed by atoms with Crippen LogP contribution < -0.4 is 19.1 Å². The van der Waals surface area contributed by atoms with Crippen LogP contribution in [0.4, 0.5) is 11.4 Å². The Hall–Kier alpha value is -3.12. The van der Waals surface area contributed by atoms with Crippen LogP contribution in [-0.2, 0) is 6.54 Å². The molecule has 0 spiro atoms. The first-order valence-corrected chi connectivity index (χ1v) is 9.66. The van der Waals surface area contributed by atoms with Crippen LogP contribution in [0.2, 0.25) is 0 Å². The number of carbonyl (C=O) groups excluding carboxylic acids is 1. The maximum Gasteiger partial charge on any atom is 0.259 e. The summed E-state index contributed by atoms with van der Waals surface area (Å²) in [5, 5.41) is 3.72. The van der Waals surface area contributed by atoms with Gasteiger partial charge in [0, 0.05) is 22.4 Å². The lowest BCUT2D eigenvalue weighted by atomic mass is 10.0. The number of rotatable bonds is 7. The van der Waals surface area contributed by atoms with Crippen LogP contribution >= 0.6 is 11.9 Å². The number of anilines is 2. The molecule has 1 heterocycles. The Labute approximate surface area is 168 Å². The summed E-state index contributed by atoms with van der Waals surface area (Å²) < 4.78 is 14.0. The fourth-order valence-electron chi connectivity index (χ4n) is 3.54. The second-order valence-corrected chi connectivity index (χ2v) is 7.13. The Balaban J connectivity index is 1.76. The second-order valence-electron chi connectivity index (χ2n) is 6.36. The molecule has 0 unspecified atom stereocenters. The minimum Gasteiger partial charge on any atom is -0.497 e. The van der Waals surface area contributed by atoms with Crippen molar-refractivity contribution in [1.82, 2.24) is 0 Å². The Morgan fingerprint density at radius 2 is 1.86 bits per heavy atom. The molecule has 4 rings (SSSR count). The molecule has 1 aliphatic heterocycles. The average molecular weight is 392 g/mol. The van der Waals surface area contributed by atoms with Gasteiger partial charge in [-0.25, -0.2) is 0 Å². The van der Waals surface area contributed by atoms with E-state index in [9.17, 15) is 4.79 Å². The quantitative estimate of drug-likeness (QED) is 0.559. The summed E-state index contributed by atoms with van der Waals surface area (Å²) in [4.78, 5) is 14.9. The van der Waals surface area contributed by atoms with Crippen LogP contribution in [0.15, 0.2) is 60.5 Å². The monoisotopic (exact) mass is 392 g/mol. The van der Waals surface area contributed by atoms with Crippen molar-refractivity contribution >= 4 is 40.0 Å². The summed E-state index contributed by atoms with van der Waals surface area (Å²) >= 11 is 1.41. The van der Waals surface area contributed by atoms with Crippen LogP contribution in [0.1, 0.15) is 15.9 Å². The van der Waals surface area contributed by atoms with Crippen molar-refractivity contribution in [1.29, 1.82) is 0 Å². The van der Waals surface area contributed by atoms with Gasteiger partial charge in [-0.05, 0) is 53.3 Å². The standard InChI is InChI=1S/C22H20N2O3S/c1-4-28-23-19-8-9-20-21-17(19)6-5-7-18(21)22(25)24(20)13-14-10-15(26-2)12-16(11-14)27-3/h4-12,23H,1,13H2,2-3H3. The third-order valence-corrected chi connectivity index (χ3v) is 5.29. The van der Waals surface area contributed by atoms with E-state index in [-0.39, 0.29) is 5.91 Å². The molecular weight excluding hydrogens is 372 g/mol. The Morgan fingerprint density at radius 1 is 1.11 bits per heavy atom. The highest BCUT2D eigenvalue weighted by Crippen LogP contribution is 2.42. The molecule has 0 atom stereocenters. The van der Waals surface area contributed by atoms with E-state index in [0.29, 0.717) is 18.0 Å². The smallest absolute Gasteiger partial charge is 0.259 e. The van der Waals surface area contributed by atoms with E-state index in [0.717, 1.165) is 33.3 Å². The third-order valence-electron chi connectivity index (χ3n) is 4.79. The van der Waals surface area contributed by atoms with Gasteiger partial charge < -0.3 is 19.1 Å². The predicted molar refractivity (Wildman–Crippen MR) is 115 cm³/mol. The lowest BCUT2D eigenvalue weighted by Crippen LogP contribution is -2.26. The lowest BCUT2D eigenvalue weighted by Gasteiger charge is -2.19. The summed E-state index contributed by atoms with van der Waals surface area (Å²) in [6.07, 6.45) is 0. The first-order valence-electron chi connectivity index (χ1n) is 8.78. The molecule has 0 saturated carbocycles. The molecule has 0 aliphatic carbocycles. The van der Waals surface area contributed by atoms with E-state index in [4.69, 9.17) is 9.47 Å². The Bertz CT molecular complexity index is 1060. The van der Waals surface area contributed by atoms with Crippen molar-refractivity contribution in [3.8, 4) is 11.5 Å². The molecule has 0 saturated heterocycles. The van der Waals surface area contributed by atoms with Gasteiger partial charge in [0.25, 0.3) is 5.91 Å². The van der Waals surface area contributed by atoms with Crippen molar-refractivity contribution in [2.24, 2.45) is 0 Å². The maximum atomic E-state index is 13.1. The van der Waals surface area contributed by atoms with Gasteiger partial charge in [-0.2, -0.15) is 0 Å². The molecule has 0 radical (unpaired) electrons. The Kier molecular flexibility index (Phi) is 4.88. The molecule has 1 amide bonds. The van der Waals surface area contributed by atoms with E-state index in [2.05, 4.69) is 11.3 Å². The highest BCUT2D eigenvalue weighted by atomic mass is 32.2. The molecule has 28 heavy (non-hydrogen) atoms. The minimum absolute atomic E-state index is 0.00379. The number of hydrogen-bond donors (Lipinski definition) is 1. The third kappa shape index (κ3) is 3.05. The fraction of sp³-hybridized carbons (Fsp3) is 0.136. The van der Waals surface area contributed by atoms with Gasteiger partial charge in [-0.15, -0.1) is 0 Å². The highest BCUT2D eigenvalue weighted by molar-refractivity contribution is 8.03. The SMILES string of the molecule is C=CSNc1ccc2c3c(cccc13)C(=O)N2Cc1cc(OC)cc(OC)c1. The first kappa shape index (κ1) is 18.3. The molecule has 0 aromatic heterocycles. The summed E-state index contributed by atoms with van der Waals surface area (Å²) in [5.74, 6) is 1.39. The molecule has 1 aliphatic rings. The van der Waals surface area contributed by atoms with Gasteiger partial charge in [0.05, 0.1) is 32.1 Å². The number of carbonyl (C=O) groups is 1. The van der Waals surface area contributed by atoms with Crippen molar-refractivity contribution in [2.75, 3.05) is 23.8 Å². The van der Waals surface area contributed by atoms with Gasteiger partial charge in [0.1, 0.15) is 11.5 Å². The molecular formula is C22H20N2O3S. The van der Waals surface area contributed by atoms with Gasteiger partial charge in [0.2, 0.25) is 0 Å². The summed E-state index contributed by atoms with van der Waals surface area (Å²) in [7, 11) is 3.23. The number of benzene rings is 3. The fourth-order valence-corrected chi connectivity index (χ4v) is 3.93. The molecule has 142 valence electrons. The topological polar surface area (TPSA) is 50.8 Å². The number of nitrogens with zero attached hydrogens (tertiary/aromatic N) is 1. The van der Waals surface area contributed by atoms with Crippen LogP contribution in [-0.4, -0.2) is 20.1 Å². The van der Waals surface area contributed by atoms with E-state index in [1.807, 2.05) is 48.5 Å². The highest BCUT2D eigenvalue weighted by Gasteiger charge is 2.30. The zero-order valence-corrected chi connectivity index (χ0v) is 16.5. The van der Waals surface area contributed by atoms with Crippen molar-refractivity contribution in [2.45, 2.75) is 6.54 Å². The van der Waals surface area contributed by atoms with E-state index >= 15 is 0 Å². The number of amides is 1. The van der Waals surface area contributed by atoms with Crippen molar-refractivity contribution in [3.05, 3.63) is 71.6 Å². The maximum absolute atomic E-state index is 13.1. The molecule has 6 heteroatoms. The summed E-state index contributed by atoms with van der Waals surface area (Å²) in [6, 6.07) is 15.5. The number of ether oxygens (including phenoxy) is 2. The lowest BCUT2D eigenvalue weighted by molar-refractivity contribution is 0.0991. The molecule has 0 bridgehead atoms. The van der Waals surface area contributed by atoms with Crippen LogP contribution in [0.3, 0.4) is 0 Å². The molecule has 3 aromatic rings. The van der Waals surface area contributed by atoms with E-state index in [1.165, 1.54) is 11.9 Å². The average Bonchev–Trinajstić information content (AvgIpc) is 3.00. The number of nitrogens with one attached hydrogen (secondary N) is 1. The first-order chi connectivity index (χ1) is 13.7. The molecule has 1 N–H and O–H groups in total. The van der Waals surface area contributed by atoms with Crippen molar-refractivity contribution < 1.29 is 14.3 Å². The minimum atomic E-state index is -0.00379. The Morgan fingerprint density at radius 3 is 2.54 bits per heavy atom. The normalized spacial score (nSPS) is 12.4. The van der Waals surface area contributed by atoms with Gasteiger partial charge in [-0.1, -0.05) is 18.7 Å². The van der Waals surface area contributed by atoms with Crippen LogP contribution in [0, 0.1) is 0 Å². The summed E-state index contributed by atoms with van der Waals surface area (Å²) in [6.45, 7) is 4.15. The van der Waals surface area contributed by atoms with E-state index in [1.54, 1.807) is 24.5 Å². The van der Waals surface area contributed by atoms with Gasteiger partial charge in [-0.3, -0.25) is 4.79 Å². The largest absolute Gasteiger partial charge is 0.497 e. The molecule has 3 aromatic carbocycles.